The smallest absolute Gasteiger partial charge is 0.401 e. The van der Waals surface area contributed by atoms with Gasteiger partial charge in [0.2, 0.25) is 0 Å². The molecule has 33 heavy (non-hydrogen) atoms. The molecule has 0 saturated heterocycles. The summed E-state index contributed by atoms with van der Waals surface area (Å²) in [4.78, 5) is 12.8. The minimum absolute atomic E-state index is 0.0376. The Kier molecular flexibility index (Phi) is 8.33. The number of esters is 1. The van der Waals surface area contributed by atoms with E-state index in [2.05, 4.69) is 5.09 Å². The quantitative estimate of drug-likeness (QED) is 0.228. The Morgan fingerprint density at radius 3 is 1.97 bits per heavy atom. The SMILES string of the molecule is NC(F)(F)P(=O)(N[C@@H](CCc1ccccc1)C(=O)OCc1ccccc1)Oc1ccccc1. The number of aryl methyl sites for hydroxylation is 1. The highest BCUT2D eigenvalue weighted by atomic mass is 31.2. The molecule has 3 aromatic rings. The first kappa shape index (κ1) is 24.6. The molecule has 0 aliphatic carbocycles. The van der Waals surface area contributed by atoms with E-state index < -0.39 is 25.3 Å². The molecule has 0 radical (unpaired) electrons. The van der Waals surface area contributed by atoms with E-state index in [1.807, 2.05) is 36.4 Å². The normalized spacial score (nSPS) is 14.2. The third-order valence-corrected chi connectivity index (χ3v) is 6.67. The molecule has 0 spiro atoms. The van der Waals surface area contributed by atoms with E-state index in [9.17, 15) is 18.1 Å². The summed E-state index contributed by atoms with van der Waals surface area (Å²) in [6.45, 7) is -0.0634. The highest BCUT2D eigenvalue weighted by Gasteiger charge is 2.52. The second-order valence-electron chi connectivity index (χ2n) is 7.34. The van der Waals surface area contributed by atoms with E-state index in [4.69, 9.17) is 15.0 Å². The molecule has 0 bridgehead atoms. The Bertz CT molecular complexity index is 1060. The maximum atomic E-state index is 14.3. The topological polar surface area (TPSA) is 90.7 Å². The van der Waals surface area contributed by atoms with E-state index in [1.165, 1.54) is 24.3 Å². The Morgan fingerprint density at radius 1 is 0.909 bits per heavy atom. The molecule has 1 unspecified atom stereocenters. The number of ether oxygens (including phenoxy) is 1. The Morgan fingerprint density at radius 2 is 1.42 bits per heavy atom. The molecule has 0 aliphatic rings. The molecule has 3 N–H and O–H groups in total. The Labute approximate surface area is 191 Å². The summed E-state index contributed by atoms with van der Waals surface area (Å²) in [5.74, 6) is -5.15. The molecule has 0 fully saturated rings. The fourth-order valence-corrected chi connectivity index (χ4v) is 4.44. The predicted octanol–water partition coefficient (Wildman–Crippen LogP) is 5.10. The van der Waals surface area contributed by atoms with Crippen molar-refractivity contribution in [3.8, 4) is 5.75 Å². The van der Waals surface area contributed by atoms with Crippen molar-refractivity contribution in [3.63, 3.8) is 0 Å². The molecule has 6 nitrogen and oxygen atoms in total. The lowest BCUT2D eigenvalue weighted by Crippen LogP contribution is -2.44. The second kappa shape index (κ2) is 11.2. The number of alkyl halides is 2. The van der Waals surface area contributed by atoms with Gasteiger partial charge in [0.25, 0.3) is 0 Å². The minimum atomic E-state index is -5.06. The first-order valence-corrected chi connectivity index (χ1v) is 11.9. The Hall–Kier alpha value is -3.06. The average Bonchev–Trinajstić information content (AvgIpc) is 2.81. The van der Waals surface area contributed by atoms with Crippen LogP contribution >= 0.6 is 7.52 Å². The zero-order chi connectivity index (χ0) is 23.7. The zero-order valence-electron chi connectivity index (χ0n) is 17.8. The molecule has 2 atom stereocenters. The summed E-state index contributed by atoms with van der Waals surface area (Å²) < 4.78 is 52.2. The van der Waals surface area contributed by atoms with Crippen LogP contribution in [0.4, 0.5) is 8.78 Å². The lowest BCUT2D eigenvalue weighted by Gasteiger charge is -2.28. The highest BCUT2D eigenvalue weighted by molar-refractivity contribution is 7.58. The van der Waals surface area contributed by atoms with Gasteiger partial charge in [-0.25, -0.2) is 5.09 Å². The van der Waals surface area contributed by atoms with E-state index in [-0.39, 0.29) is 18.8 Å². The van der Waals surface area contributed by atoms with Crippen molar-refractivity contribution in [2.45, 2.75) is 31.3 Å². The number of hydrogen-bond acceptors (Lipinski definition) is 5. The van der Waals surface area contributed by atoms with Crippen molar-refractivity contribution in [2.75, 3.05) is 0 Å². The van der Waals surface area contributed by atoms with Crippen LogP contribution in [-0.4, -0.2) is 17.8 Å². The third-order valence-electron chi connectivity index (χ3n) is 4.77. The number of hydrogen-bond donors (Lipinski definition) is 2. The first-order chi connectivity index (χ1) is 15.8. The van der Waals surface area contributed by atoms with Gasteiger partial charge >= 0.3 is 19.3 Å². The van der Waals surface area contributed by atoms with Crippen molar-refractivity contribution >= 4 is 13.5 Å². The molecule has 0 heterocycles. The van der Waals surface area contributed by atoms with Gasteiger partial charge in [-0.05, 0) is 36.1 Å². The van der Waals surface area contributed by atoms with E-state index in [0.717, 1.165) is 11.1 Å². The van der Waals surface area contributed by atoms with Gasteiger partial charge < -0.3 is 9.26 Å². The largest absolute Gasteiger partial charge is 0.460 e. The number of nitrogens with one attached hydrogen (secondary N) is 1. The number of carbonyl (C=O) groups is 1. The van der Waals surface area contributed by atoms with Gasteiger partial charge in [-0.3, -0.25) is 15.1 Å². The summed E-state index contributed by atoms with van der Waals surface area (Å²) in [6.07, 6.45) is 0.385. The van der Waals surface area contributed by atoms with Gasteiger partial charge in [0.05, 0.1) is 0 Å². The van der Waals surface area contributed by atoms with Crippen LogP contribution in [0.5, 0.6) is 5.75 Å². The average molecular weight is 474 g/mol. The minimum Gasteiger partial charge on any atom is -0.460 e. The lowest BCUT2D eigenvalue weighted by molar-refractivity contribution is -0.147. The standard InChI is InChI=1S/C24H25F2N2O4P/c25-24(26,27)33(30,32-21-14-8-3-9-15-21)28-22(17-16-19-10-4-1-5-11-19)23(29)31-18-20-12-6-2-7-13-20/h1-15,22H,16-18,27H2,(H,28,30)/t22-,33?/m0/s1. The molecule has 0 aromatic heterocycles. The summed E-state index contributed by atoms with van der Waals surface area (Å²) in [6, 6.07) is 24.2. The Balaban J connectivity index is 1.80. The van der Waals surface area contributed by atoms with Crippen LogP contribution in [0, 0.1) is 0 Å². The van der Waals surface area contributed by atoms with Gasteiger partial charge in [-0.2, -0.15) is 8.78 Å². The van der Waals surface area contributed by atoms with Crippen LogP contribution in [0.25, 0.3) is 0 Å². The predicted molar refractivity (Wildman–Crippen MR) is 122 cm³/mol. The number of halogens is 2. The van der Waals surface area contributed by atoms with Crippen molar-refractivity contribution in [1.82, 2.24) is 5.09 Å². The number of para-hydroxylation sites is 1. The van der Waals surface area contributed by atoms with Crippen molar-refractivity contribution in [3.05, 3.63) is 102 Å². The van der Waals surface area contributed by atoms with Gasteiger partial charge in [0, 0.05) is 0 Å². The van der Waals surface area contributed by atoms with Crippen molar-refractivity contribution < 1.29 is 27.4 Å². The monoisotopic (exact) mass is 474 g/mol. The highest BCUT2D eigenvalue weighted by Crippen LogP contribution is 2.54. The summed E-state index contributed by atoms with van der Waals surface area (Å²) in [7, 11) is -5.06. The second-order valence-corrected chi connectivity index (χ2v) is 9.48. The van der Waals surface area contributed by atoms with Gasteiger partial charge in [-0.15, -0.1) is 0 Å². The lowest BCUT2D eigenvalue weighted by atomic mass is 10.1. The van der Waals surface area contributed by atoms with Gasteiger partial charge in [0.15, 0.2) is 0 Å². The molecule has 0 amide bonds. The number of benzene rings is 3. The molecule has 3 rings (SSSR count). The first-order valence-electron chi connectivity index (χ1n) is 10.3. The van der Waals surface area contributed by atoms with Gasteiger partial charge in [0.1, 0.15) is 18.4 Å². The van der Waals surface area contributed by atoms with Gasteiger partial charge in [-0.1, -0.05) is 78.9 Å². The number of carbonyl (C=O) groups excluding carboxylic acids is 1. The summed E-state index contributed by atoms with van der Waals surface area (Å²) >= 11 is 0. The summed E-state index contributed by atoms with van der Waals surface area (Å²) in [5, 5.41) is 2.21. The molecular weight excluding hydrogens is 449 g/mol. The number of nitrogens with two attached hydrogens (primary N) is 1. The van der Waals surface area contributed by atoms with Crippen LogP contribution in [0.1, 0.15) is 17.5 Å². The van der Waals surface area contributed by atoms with Crippen molar-refractivity contribution in [2.24, 2.45) is 5.73 Å². The van der Waals surface area contributed by atoms with E-state index in [0.29, 0.717) is 6.42 Å². The van der Waals surface area contributed by atoms with Crippen LogP contribution in [0.3, 0.4) is 0 Å². The fraction of sp³-hybridized carbons (Fsp3) is 0.208. The van der Waals surface area contributed by atoms with Crippen LogP contribution in [-0.2, 0) is 27.1 Å². The zero-order valence-corrected chi connectivity index (χ0v) is 18.7. The van der Waals surface area contributed by atoms with Crippen LogP contribution in [0.2, 0.25) is 0 Å². The maximum Gasteiger partial charge on any atom is 0.401 e. The van der Waals surface area contributed by atoms with Crippen LogP contribution in [0.15, 0.2) is 91.0 Å². The van der Waals surface area contributed by atoms with Crippen LogP contribution < -0.4 is 15.3 Å². The molecule has 174 valence electrons. The van der Waals surface area contributed by atoms with E-state index >= 15 is 0 Å². The third kappa shape index (κ3) is 7.22. The van der Waals surface area contributed by atoms with Crippen molar-refractivity contribution in [1.29, 1.82) is 0 Å². The molecule has 9 heteroatoms. The maximum absolute atomic E-state index is 14.3. The molecular formula is C24H25F2N2O4P. The fourth-order valence-electron chi connectivity index (χ4n) is 3.03. The molecule has 3 aromatic carbocycles. The number of rotatable bonds is 11. The molecule has 0 saturated carbocycles. The summed E-state index contributed by atoms with van der Waals surface area (Å²) in [5.41, 5.74) is 6.54. The molecule has 0 aliphatic heterocycles. The van der Waals surface area contributed by atoms with E-state index in [1.54, 1.807) is 30.3 Å².